The van der Waals surface area contributed by atoms with Crippen molar-refractivity contribution in [1.29, 1.82) is 0 Å². The third-order valence-corrected chi connectivity index (χ3v) is 2.91. The van der Waals surface area contributed by atoms with Crippen LogP contribution in [-0.4, -0.2) is 4.92 Å². The van der Waals surface area contributed by atoms with Gasteiger partial charge in [-0.1, -0.05) is 30.0 Å². The molecule has 0 unspecified atom stereocenters. The highest BCUT2D eigenvalue weighted by atomic mass is 32.2. The Labute approximate surface area is 87.0 Å². The van der Waals surface area contributed by atoms with Crippen LogP contribution in [0, 0.1) is 17.0 Å². The Hall–Kier alpha value is -1.29. The molecule has 0 aliphatic heterocycles. The molecule has 14 heavy (non-hydrogen) atoms. The summed E-state index contributed by atoms with van der Waals surface area (Å²) in [5.74, 6) is 0. The Morgan fingerprint density at radius 1 is 1.50 bits per heavy atom. The minimum atomic E-state index is -0.384. The van der Waals surface area contributed by atoms with Crippen molar-refractivity contribution in [1.82, 2.24) is 0 Å². The molecule has 0 saturated heterocycles. The fraction of sp³-hybridized carbons (Fsp3) is 0.200. The predicted molar refractivity (Wildman–Crippen MR) is 57.8 cm³/mol. The van der Waals surface area contributed by atoms with Gasteiger partial charge in [0.1, 0.15) is 0 Å². The van der Waals surface area contributed by atoms with Crippen molar-refractivity contribution < 1.29 is 4.92 Å². The lowest BCUT2D eigenvalue weighted by molar-refractivity contribution is -0.424. The van der Waals surface area contributed by atoms with Crippen LogP contribution in [0.1, 0.15) is 12.5 Å². The summed E-state index contributed by atoms with van der Waals surface area (Å²) in [6.07, 6.45) is 0. The van der Waals surface area contributed by atoms with E-state index >= 15 is 0 Å². The van der Waals surface area contributed by atoms with E-state index in [1.54, 1.807) is 5.41 Å². The number of benzene rings is 1. The zero-order valence-corrected chi connectivity index (χ0v) is 8.88. The van der Waals surface area contributed by atoms with Gasteiger partial charge in [0.2, 0.25) is 5.70 Å². The highest BCUT2D eigenvalue weighted by Gasteiger charge is 2.02. The third-order valence-electron chi connectivity index (χ3n) is 1.74. The van der Waals surface area contributed by atoms with Crippen LogP contribution in [-0.2, 0) is 0 Å². The molecule has 0 amide bonds. The van der Waals surface area contributed by atoms with Crippen LogP contribution < -0.4 is 0 Å². The molecule has 0 aliphatic carbocycles. The minimum absolute atomic E-state index is 0.165. The van der Waals surface area contributed by atoms with Crippen molar-refractivity contribution in [3.63, 3.8) is 0 Å². The maximum absolute atomic E-state index is 10.3. The van der Waals surface area contributed by atoms with Gasteiger partial charge in [0.25, 0.3) is 0 Å². The van der Waals surface area contributed by atoms with Gasteiger partial charge < -0.3 is 0 Å². The molecule has 0 heterocycles. The molecule has 1 aromatic rings. The lowest BCUT2D eigenvalue weighted by atomic mass is 10.2. The van der Waals surface area contributed by atoms with Gasteiger partial charge in [-0.05, 0) is 18.6 Å². The standard InChI is InChI=1S/C10H11NO2S/c1-8-5-3-4-6-10(8)14-7-9(2)11(12)13/h3-7H,1-2H3. The molecule has 74 valence electrons. The summed E-state index contributed by atoms with van der Waals surface area (Å²) >= 11 is 1.38. The second-order valence-electron chi connectivity index (χ2n) is 2.90. The predicted octanol–water partition coefficient (Wildman–Crippen LogP) is 3.23. The molecule has 0 radical (unpaired) electrons. The maximum Gasteiger partial charge on any atom is 0.249 e. The molecule has 0 N–H and O–H groups in total. The van der Waals surface area contributed by atoms with E-state index in [1.165, 1.54) is 18.7 Å². The molecule has 0 spiro atoms. The second kappa shape index (κ2) is 4.81. The Morgan fingerprint density at radius 3 is 2.71 bits per heavy atom. The lowest BCUT2D eigenvalue weighted by Gasteiger charge is -1.99. The first-order chi connectivity index (χ1) is 6.61. The topological polar surface area (TPSA) is 43.1 Å². The fourth-order valence-electron chi connectivity index (χ4n) is 0.880. The van der Waals surface area contributed by atoms with Gasteiger partial charge in [-0.3, -0.25) is 10.1 Å². The zero-order valence-electron chi connectivity index (χ0n) is 8.06. The normalized spacial score (nSPS) is 11.4. The molecule has 0 fully saturated rings. The number of nitro groups is 1. The van der Waals surface area contributed by atoms with E-state index < -0.39 is 0 Å². The van der Waals surface area contributed by atoms with Crippen LogP contribution in [0.5, 0.6) is 0 Å². The first kappa shape index (κ1) is 10.8. The van der Waals surface area contributed by atoms with Gasteiger partial charge in [-0.2, -0.15) is 0 Å². The molecule has 0 aliphatic rings. The van der Waals surface area contributed by atoms with Gasteiger partial charge in [-0.25, -0.2) is 0 Å². The number of allylic oxidation sites excluding steroid dienone is 1. The third kappa shape index (κ3) is 2.88. The number of hydrogen-bond donors (Lipinski definition) is 0. The molecule has 1 aromatic carbocycles. The molecule has 0 bridgehead atoms. The smallest absolute Gasteiger partial charge is 0.249 e. The average molecular weight is 209 g/mol. The molecule has 0 atom stereocenters. The average Bonchev–Trinajstić information content (AvgIpc) is 2.16. The van der Waals surface area contributed by atoms with Gasteiger partial charge >= 0.3 is 0 Å². The van der Waals surface area contributed by atoms with Crippen LogP contribution in [0.3, 0.4) is 0 Å². The van der Waals surface area contributed by atoms with Crippen LogP contribution >= 0.6 is 11.8 Å². The van der Waals surface area contributed by atoms with E-state index in [2.05, 4.69) is 0 Å². The molecular formula is C10H11NO2S. The van der Waals surface area contributed by atoms with E-state index in [4.69, 9.17) is 0 Å². The number of thioether (sulfide) groups is 1. The summed E-state index contributed by atoms with van der Waals surface area (Å²) in [5, 5.41) is 11.9. The van der Waals surface area contributed by atoms with Gasteiger partial charge in [-0.15, -0.1) is 0 Å². The summed E-state index contributed by atoms with van der Waals surface area (Å²) in [7, 11) is 0. The van der Waals surface area contributed by atoms with Crippen molar-refractivity contribution in [2.75, 3.05) is 0 Å². The van der Waals surface area contributed by atoms with Crippen LogP contribution in [0.2, 0.25) is 0 Å². The van der Waals surface area contributed by atoms with E-state index in [-0.39, 0.29) is 10.6 Å². The molecule has 1 rings (SSSR count). The van der Waals surface area contributed by atoms with Crippen LogP contribution in [0.15, 0.2) is 40.3 Å². The Balaban J connectivity index is 2.76. The molecule has 3 nitrogen and oxygen atoms in total. The van der Waals surface area contributed by atoms with Crippen molar-refractivity contribution in [3.05, 3.63) is 51.0 Å². The highest BCUT2D eigenvalue weighted by Crippen LogP contribution is 2.23. The SMILES string of the molecule is CC(=CSc1ccccc1C)[N+](=O)[O-]. The second-order valence-corrected chi connectivity index (χ2v) is 3.81. The molecule has 0 saturated carbocycles. The van der Waals surface area contributed by atoms with Crippen molar-refractivity contribution in [3.8, 4) is 0 Å². The van der Waals surface area contributed by atoms with E-state index in [9.17, 15) is 10.1 Å². The Morgan fingerprint density at radius 2 is 2.14 bits per heavy atom. The lowest BCUT2D eigenvalue weighted by Crippen LogP contribution is -1.91. The Bertz CT molecular complexity index is 374. The largest absolute Gasteiger partial charge is 0.259 e. The summed E-state index contributed by atoms with van der Waals surface area (Å²) in [6, 6.07) is 7.80. The quantitative estimate of drug-likeness (QED) is 0.436. The summed E-state index contributed by atoms with van der Waals surface area (Å²) < 4.78 is 0. The summed E-state index contributed by atoms with van der Waals surface area (Å²) in [4.78, 5) is 11.0. The van der Waals surface area contributed by atoms with Crippen molar-refractivity contribution >= 4 is 11.8 Å². The highest BCUT2D eigenvalue weighted by molar-refractivity contribution is 8.02. The van der Waals surface area contributed by atoms with Crippen molar-refractivity contribution in [2.24, 2.45) is 0 Å². The van der Waals surface area contributed by atoms with Crippen LogP contribution in [0.25, 0.3) is 0 Å². The summed E-state index contributed by atoms with van der Waals surface area (Å²) in [6.45, 7) is 3.48. The first-order valence-corrected chi connectivity index (χ1v) is 5.02. The first-order valence-electron chi connectivity index (χ1n) is 4.14. The number of rotatable bonds is 3. The number of aryl methyl sites for hydroxylation is 1. The monoisotopic (exact) mass is 209 g/mol. The molecular weight excluding hydrogens is 198 g/mol. The van der Waals surface area contributed by atoms with Gasteiger partial charge in [0.15, 0.2) is 0 Å². The summed E-state index contributed by atoms with van der Waals surface area (Å²) in [5.41, 5.74) is 1.29. The van der Waals surface area contributed by atoms with Gasteiger partial charge in [0, 0.05) is 17.2 Å². The maximum atomic E-state index is 10.3. The molecule has 0 aromatic heterocycles. The fourth-order valence-corrected chi connectivity index (χ4v) is 1.68. The minimum Gasteiger partial charge on any atom is -0.259 e. The van der Waals surface area contributed by atoms with Crippen molar-refractivity contribution in [2.45, 2.75) is 18.7 Å². The van der Waals surface area contributed by atoms with E-state index in [0.29, 0.717) is 0 Å². The zero-order chi connectivity index (χ0) is 10.6. The number of nitrogens with zero attached hydrogens (tertiary/aromatic N) is 1. The van der Waals surface area contributed by atoms with Gasteiger partial charge in [0.05, 0.1) is 4.92 Å². The van der Waals surface area contributed by atoms with E-state index in [0.717, 1.165) is 10.5 Å². The Kier molecular flexibility index (Phi) is 3.71. The molecule has 4 heteroatoms. The van der Waals surface area contributed by atoms with Crippen LogP contribution in [0.4, 0.5) is 0 Å². The number of hydrogen-bond acceptors (Lipinski definition) is 3. The van der Waals surface area contributed by atoms with E-state index in [1.807, 2.05) is 31.2 Å².